The van der Waals surface area contributed by atoms with Crippen molar-refractivity contribution in [3.63, 3.8) is 0 Å². The largest absolute Gasteiger partial charge is 0.139 e. The smallest absolute Gasteiger partial charge is 0.0674 e. The molecule has 58 valence electrons. The first-order valence-corrected chi connectivity index (χ1v) is 6.04. The molecule has 0 amide bonds. The van der Waals surface area contributed by atoms with E-state index in [1.165, 1.54) is 22.7 Å². The molecule has 2 aromatic heterocycles. The summed E-state index contributed by atoms with van der Waals surface area (Å²) in [5, 5.41) is 0. The predicted molar refractivity (Wildman–Crippen MR) is 61.9 cm³/mol. The van der Waals surface area contributed by atoms with Gasteiger partial charge in [0, 0.05) is 14.3 Å². The molecule has 0 bridgehead atoms. The minimum absolute atomic E-state index is 1.40. The van der Waals surface area contributed by atoms with E-state index in [4.69, 9.17) is 0 Å². The van der Waals surface area contributed by atoms with E-state index in [2.05, 4.69) is 42.5 Å². The number of aryl methyl sites for hydroxylation is 2. The summed E-state index contributed by atoms with van der Waals surface area (Å²) < 4.78 is 4.33. The summed E-state index contributed by atoms with van der Waals surface area (Å²) in [6, 6.07) is 2.27. The maximum absolute atomic E-state index is 2.38. The summed E-state index contributed by atoms with van der Waals surface area (Å²) in [6.07, 6.45) is 0. The van der Waals surface area contributed by atoms with E-state index in [0.717, 1.165) is 0 Å². The summed E-state index contributed by atoms with van der Waals surface area (Å²) in [7, 11) is 0. The van der Waals surface area contributed by atoms with Gasteiger partial charge in [0.25, 0.3) is 0 Å². The highest BCUT2D eigenvalue weighted by Gasteiger charge is 2.07. The second-order valence-corrected chi connectivity index (χ2v) is 6.73. The molecule has 0 fully saturated rings. The molecule has 0 saturated heterocycles. The van der Waals surface area contributed by atoms with Gasteiger partial charge in [-0.05, 0) is 48.1 Å². The maximum Gasteiger partial charge on any atom is 0.0674 e. The van der Waals surface area contributed by atoms with E-state index < -0.39 is 0 Å². The average Bonchev–Trinajstić information content (AvgIpc) is 2.37. The third-order valence-electron chi connectivity index (χ3n) is 1.80. The van der Waals surface area contributed by atoms with E-state index >= 15 is 0 Å². The van der Waals surface area contributed by atoms with Gasteiger partial charge in [0.1, 0.15) is 0 Å². The number of rotatable bonds is 0. The van der Waals surface area contributed by atoms with Crippen molar-refractivity contribution in [3.8, 4) is 0 Å². The van der Waals surface area contributed by atoms with E-state index in [9.17, 15) is 0 Å². The van der Waals surface area contributed by atoms with Gasteiger partial charge in [-0.1, -0.05) is 0 Å². The standard InChI is InChI=1S/C8H7IS2/c1-4-5(2)10-6-3-7(9)11-8(4)6/h3H,1-2H3. The Morgan fingerprint density at radius 2 is 2.00 bits per heavy atom. The Bertz CT molecular complexity index is 397. The fourth-order valence-electron chi connectivity index (χ4n) is 1.08. The number of hydrogen-bond donors (Lipinski definition) is 0. The minimum Gasteiger partial charge on any atom is -0.139 e. The molecule has 0 aliphatic carbocycles. The number of fused-ring (bicyclic) bond motifs is 1. The molecular formula is C8H7IS2. The van der Waals surface area contributed by atoms with Crippen molar-refractivity contribution in [3.05, 3.63) is 19.4 Å². The first-order chi connectivity index (χ1) is 5.18. The molecular weight excluding hydrogens is 287 g/mol. The molecule has 11 heavy (non-hydrogen) atoms. The van der Waals surface area contributed by atoms with Crippen molar-refractivity contribution >= 4 is 54.7 Å². The molecule has 2 aromatic rings. The monoisotopic (exact) mass is 294 g/mol. The van der Waals surface area contributed by atoms with Crippen LogP contribution >= 0.6 is 45.3 Å². The molecule has 0 nitrogen and oxygen atoms in total. The van der Waals surface area contributed by atoms with Crippen LogP contribution in [-0.4, -0.2) is 0 Å². The van der Waals surface area contributed by atoms with E-state index in [1.54, 1.807) is 0 Å². The van der Waals surface area contributed by atoms with Crippen molar-refractivity contribution in [1.29, 1.82) is 0 Å². The second kappa shape index (κ2) is 2.71. The first-order valence-electron chi connectivity index (χ1n) is 3.33. The Morgan fingerprint density at radius 3 is 2.64 bits per heavy atom. The number of halogens is 1. The third-order valence-corrected chi connectivity index (χ3v) is 5.10. The molecule has 2 heterocycles. The highest BCUT2D eigenvalue weighted by atomic mass is 127. The quantitative estimate of drug-likeness (QED) is 0.639. The molecule has 0 aliphatic rings. The van der Waals surface area contributed by atoms with Crippen molar-refractivity contribution in [2.45, 2.75) is 13.8 Å². The Morgan fingerprint density at radius 1 is 1.27 bits per heavy atom. The molecule has 0 aromatic carbocycles. The lowest BCUT2D eigenvalue weighted by Gasteiger charge is -1.84. The Hall–Kier alpha value is 0.390. The van der Waals surface area contributed by atoms with Gasteiger partial charge in [0.2, 0.25) is 0 Å². The van der Waals surface area contributed by atoms with Gasteiger partial charge in [-0.2, -0.15) is 0 Å². The molecule has 3 heteroatoms. The molecule has 0 atom stereocenters. The van der Waals surface area contributed by atoms with Crippen LogP contribution in [0.2, 0.25) is 0 Å². The van der Waals surface area contributed by atoms with E-state index in [0.29, 0.717) is 0 Å². The van der Waals surface area contributed by atoms with Crippen LogP contribution in [0.25, 0.3) is 9.40 Å². The highest BCUT2D eigenvalue weighted by molar-refractivity contribution is 14.1. The zero-order valence-corrected chi connectivity index (χ0v) is 10.1. The van der Waals surface area contributed by atoms with Crippen molar-refractivity contribution in [1.82, 2.24) is 0 Å². The minimum atomic E-state index is 1.40. The van der Waals surface area contributed by atoms with Crippen molar-refractivity contribution in [2.24, 2.45) is 0 Å². The molecule has 0 spiro atoms. The summed E-state index contributed by atoms with van der Waals surface area (Å²) >= 11 is 6.19. The van der Waals surface area contributed by atoms with Crippen LogP contribution in [0.3, 0.4) is 0 Å². The maximum atomic E-state index is 2.38. The third kappa shape index (κ3) is 1.23. The zero-order chi connectivity index (χ0) is 8.01. The summed E-state index contributed by atoms with van der Waals surface area (Å²) in [5.41, 5.74) is 1.47. The molecule has 0 aliphatic heterocycles. The van der Waals surface area contributed by atoms with Crippen molar-refractivity contribution < 1.29 is 0 Å². The average molecular weight is 294 g/mol. The second-order valence-electron chi connectivity index (χ2n) is 2.53. The van der Waals surface area contributed by atoms with Crippen LogP contribution in [-0.2, 0) is 0 Å². The number of hydrogen-bond acceptors (Lipinski definition) is 2. The Balaban J connectivity index is 2.88. The summed E-state index contributed by atoms with van der Waals surface area (Å²) in [5.74, 6) is 0. The Labute approximate surface area is 87.4 Å². The molecule has 2 rings (SSSR count). The van der Waals surface area contributed by atoms with Crippen molar-refractivity contribution in [2.75, 3.05) is 0 Å². The predicted octanol–water partition coefficient (Wildman–Crippen LogP) is 4.18. The van der Waals surface area contributed by atoms with Crippen LogP contribution in [0.15, 0.2) is 6.07 Å². The summed E-state index contributed by atoms with van der Waals surface area (Å²) in [4.78, 5) is 1.46. The van der Waals surface area contributed by atoms with Gasteiger partial charge in [-0.15, -0.1) is 22.7 Å². The van der Waals surface area contributed by atoms with Crippen LogP contribution in [0.5, 0.6) is 0 Å². The van der Waals surface area contributed by atoms with Gasteiger partial charge in [0.05, 0.1) is 2.88 Å². The molecule has 0 saturated carbocycles. The van der Waals surface area contributed by atoms with E-state index in [1.807, 2.05) is 22.7 Å². The highest BCUT2D eigenvalue weighted by Crippen LogP contribution is 2.36. The normalized spacial score (nSPS) is 11.2. The molecule has 0 N–H and O–H groups in total. The number of thiophene rings is 2. The zero-order valence-electron chi connectivity index (χ0n) is 6.27. The lowest BCUT2D eigenvalue weighted by Crippen LogP contribution is -1.64. The molecule has 0 radical (unpaired) electrons. The van der Waals surface area contributed by atoms with Crippen LogP contribution < -0.4 is 0 Å². The lowest BCUT2D eigenvalue weighted by atomic mass is 10.3. The van der Waals surface area contributed by atoms with Crippen LogP contribution in [0.1, 0.15) is 10.4 Å². The van der Waals surface area contributed by atoms with Crippen LogP contribution in [0, 0.1) is 16.7 Å². The lowest BCUT2D eigenvalue weighted by molar-refractivity contribution is 1.48. The fourth-order valence-corrected chi connectivity index (χ4v) is 4.50. The topological polar surface area (TPSA) is 0 Å². The van der Waals surface area contributed by atoms with Crippen LogP contribution in [0.4, 0.5) is 0 Å². The van der Waals surface area contributed by atoms with Gasteiger partial charge < -0.3 is 0 Å². The van der Waals surface area contributed by atoms with Gasteiger partial charge in [0.15, 0.2) is 0 Å². The van der Waals surface area contributed by atoms with Gasteiger partial charge in [-0.25, -0.2) is 0 Å². The first kappa shape index (κ1) is 8.01. The fraction of sp³-hybridized carbons (Fsp3) is 0.250. The van der Waals surface area contributed by atoms with Gasteiger partial charge >= 0.3 is 0 Å². The summed E-state index contributed by atoms with van der Waals surface area (Å²) in [6.45, 7) is 4.40. The van der Waals surface area contributed by atoms with E-state index in [-0.39, 0.29) is 0 Å². The SMILES string of the molecule is Cc1sc2cc(I)sc2c1C. The Kier molecular flexibility index (Phi) is 1.97. The molecule has 0 unspecified atom stereocenters. The van der Waals surface area contributed by atoms with Gasteiger partial charge in [-0.3, -0.25) is 0 Å².